The van der Waals surface area contributed by atoms with Gasteiger partial charge < -0.3 is 9.64 Å². The molecule has 0 aliphatic carbocycles. The van der Waals surface area contributed by atoms with E-state index >= 15 is 0 Å². The van der Waals surface area contributed by atoms with Crippen LogP contribution in [0.15, 0.2) is 48.5 Å². The molecule has 0 radical (unpaired) electrons. The van der Waals surface area contributed by atoms with Gasteiger partial charge in [0.05, 0.1) is 25.2 Å². The molecule has 2 aromatic rings. The maximum atomic E-state index is 12.2. The standard InChI is InChI=1S/C18H18N2O2/c1-20(13-16-5-3-15(12-19)4-6-16)18(21)11-14-7-9-17(22-2)10-8-14/h3-10H,11,13H2,1-2H3. The summed E-state index contributed by atoms with van der Waals surface area (Å²) >= 11 is 0. The van der Waals surface area contributed by atoms with E-state index in [4.69, 9.17) is 10.00 Å². The van der Waals surface area contributed by atoms with Crippen molar-refractivity contribution in [3.63, 3.8) is 0 Å². The summed E-state index contributed by atoms with van der Waals surface area (Å²) in [5.74, 6) is 0.830. The average molecular weight is 294 g/mol. The summed E-state index contributed by atoms with van der Waals surface area (Å²) in [5, 5.41) is 8.78. The van der Waals surface area contributed by atoms with Crippen molar-refractivity contribution >= 4 is 5.91 Å². The van der Waals surface area contributed by atoms with Crippen LogP contribution in [-0.4, -0.2) is 25.0 Å². The van der Waals surface area contributed by atoms with E-state index in [2.05, 4.69) is 6.07 Å². The molecule has 4 nitrogen and oxygen atoms in total. The monoisotopic (exact) mass is 294 g/mol. The van der Waals surface area contributed by atoms with E-state index in [9.17, 15) is 4.79 Å². The van der Waals surface area contributed by atoms with Crippen LogP contribution in [0, 0.1) is 11.3 Å². The fraction of sp³-hybridized carbons (Fsp3) is 0.222. The van der Waals surface area contributed by atoms with E-state index in [0.29, 0.717) is 18.5 Å². The summed E-state index contributed by atoms with van der Waals surface area (Å²) in [7, 11) is 3.40. The highest BCUT2D eigenvalue weighted by molar-refractivity contribution is 5.78. The lowest BCUT2D eigenvalue weighted by atomic mass is 10.1. The Hall–Kier alpha value is -2.80. The number of nitriles is 1. The van der Waals surface area contributed by atoms with Crippen molar-refractivity contribution in [1.29, 1.82) is 5.26 Å². The van der Waals surface area contributed by atoms with Crippen molar-refractivity contribution in [3.8, 4) is 11.8 Å². The highest BCUT2D eigenvalue weighted by atomic mass is 16.5. The van der Waals surface area contributed by atoms with Crippen LogP contribution in [0.2, 0.25) is 0 Å². The number of hydrogen-bond donors (Lipinski definition) is 0. The van der Waals surface area contributed by atoms with Crippen LogP contribution in [0.1, 0.15) is 16.7 Å². The number of carbonyl (C=O) groups is 1. The van der Waals surface area contributed by atoms with E-state index in [0.717, 1.165) is 16.9 Å². The third-order valence-corrected chi connectivity index (χ3v) is 3.44. The van der Waals surface area contributed by atoms with Gasteiger partial charge in [0, 0.05) is 13.6 Å². The van der Waals surface area contributed by atoms with Gasteiger partial charge >= 0.3 is 0 Å². The first-order valence-corrected chi connectivity index (χ1v) is 6.98. The van der Waals surface area contributed by atoms with Crippen molar-refractivity contribution in [2.45, 2.75) is 13.0 Å². The van der Waals surface area contributed by atoms with Crippen LogP contribution >= 0.6 is 0 Å². The Bertz CT molecular complexity index is 670. The third kappa shape index (κ3) is 4.10. The minimum Gasteiger partial charge on any atom is -0.497 e. The maximum absolute atomic E-state index is 12.2. The van der Waals surface area contributed by atoms with Gasteiger partial charge in [-0.15, -0.1) is 0 Å². The van der Waals surface area contributed by atoms with Gasteiger partial charge in [-0.3, -0.25) is 4.79 Å². The number of hydrogen-bond acceptors (Lipinski definition) is 3. The third-order valence-electron chi connectivity index (χ3n) is 3.44. The molecule has 2 rings (SSSR count). The number of ether oxygens (including phenoxy) is 1. The highest BCUT2D eigenvalue weighted by Gasteiger charge is 2.10. The van der Waals surface area contributed by atoms with Crippen molar-refractivity contribution < 1.29 is 9.53 Å². The fourth-order valence-corrected chi connectivity index (χ4v) is 2.10. The van der Waals surface area contributed by atoms with Gasteiger partial charge in [0.15, 0.2) is 0 Å². The molecule has 0 unspecified atom stereocenters. The Morgan fingerprint density at radius 1 is 1.09 bits per heavy atom. The Morgan fingerprint density at radius 2 is 1.68 bits per heavy atom. The molecule has 0 fully saturated rings. The molecule has 112 valence electrons. The van der Waals surface area contributed by atoms with E-state index in [-0.39, 0.29) is 5.91 Å². The topological polar surface area (TPSA) is 53.3 Å². The zero-order valence-corrected chi connectivity index (χ0v) is 12.7. The van der Waals surface area contributed by atoms with E-state index in [1.807, 2.05) is 36.4 Å². The van der Waals surface area contributed by atoms with E-state index in [1.165, 1.54) is 0 Å². The van der Waals surface area contributed by atoms with Crippen molar-refractivity contribution in [2.75, 3.05) is 14.2 Å². The fourth-order valence-electron chi connectivity index (χ4n) is 2.10. The minimum absolute atomic E-state index is 0.0505. The zero-order valence-electron chi connectivity index (χ0n) is 12.7. The Morgan fingerprint density at radius 3 is 2.23 bits per heavy atom. The van der Waals surface area contributed by atoms with Crippen LogP contribution in [0.3, 0.4) is 0 Å². The molecule has 0 aliphatic heterocycles. The predicted octanol–water partition coefficient (Wildman–Crippen LogP) is 2.77. The van der Waals surface area contributed by atoms with Gasteiger partial charge in [-0.05, 0) is 35.4 Å². The van der Waals surface area contributed by atoms with Crippen molar-refractivity contribution in [3.05, 3.63) is 65.2 Å². The number of amides is 1. The molecular formula is C18H18N2O2. The lowest BCUT2D eigenvalue weighted by Crippen LogP contribution is -2.27. The Labute approximate surface area is 130 Å². The Balaban J connectivity index is 1.94. The number of benzene rings is 2. The second kappa shape index (κ2) is 7.28. The molecule has 1 amide bonds. The summed E-state index contributed by atoms with van der Waals surface area (Å²) in [6.45, 7) is 0.528. The number of rotatable bonds is 5. The molecule has 0 saturated heterocycles. The summed E-state index contributed by atoms with van der Waals surface area (Å²) in [4.78, 5) is 13.9. The quantitative estimate of drug-likeness (QED) is 0.852. The maximum Gasteiger partial charge on any atom is 0.227 e. The normalized spacial score (nSPS) is 9.86. The molecule has 0 spiro atoms. The van der Waals surface area contributed by atoms with Gasteiger partial charge in [0.2, 0.25) is 5.91 Å². The molecule has 4 heteroatoms. The number of likely N-dealkylation sites (N-methyl/N-ethyl adjacent to an activating group) is 1. The largest absolute Gasteiger partial charge is 0.497 e. The van der Waals surface area contributed by atoms with Crippen molar-refractivity contribution in [1.82, 2.24) is 4.90 Å². The highest BCUT2D eigenvalue weighted by Crippen LogP contribution is 2.13. The van der Waals surface area contributed by atoms with Gasteiger partial charge in [-0.25, -0.2) is 0 Å². The summed E-state index contributed by atoms with van der Waals surface area (Å²) < 4.78 is 5.10. The SMILES string of the molecule is COc1ccc(CC(=O)N(C)Cc2ccc(C#N)cc2)cc1. The smallest absolute Gasteiger partial charge is 0.227 e. The van der Waals surface area contributed by atoms with E-state index in [1.54, 1.807) is 31.2 Å². The molecule has 2 aromatic carbocycles. The summed E-state index contributed by atoms with van der Waals surface area (Å²) in [6.07, 6.45) is 0.358. The lowest BCUT2D eigenvalue weighted by molar-refractivity contribution is -0.129. The van der Waals surface area contributed by atoms with Crippen LogP contribution in [0.5, 0.6) is 5.75 Å². The van der Waals surface area contributed by atoms with Gasteiger partial charge in [-0.2, -0.15) is 5.26 Å². The van der Waals surface area contributed by atoms with E-state index < -0.39 is 0 Å². The Kier molecular flexibility index (Phi) is 5.16. The molecule has 0 aromatic heterocycles. The van der Waals surface area contributed by atoms with Crippen LogP contribution in [0.4, 0.5) is 0 Å². The first-order valence-electron chi connectivity index (χ1n) is 6.98. The van der Waals surface area contributed by atoms with Gasteiger partial charge in [-0.1, -0.05) is 24.3 Å². The first-order chi connectivity index (χ1) is 10.6. The summed E-state index contributed by atoms with van der Waals surface area (Å²) in [5.41, 5.74) is 2.58. The van der Waals surface area contributed by atoms with Crippen LogP contribution in [-0.2, 0) is 17.8 Å². The molecule has 0 bridgehead atoms. The second-order valence-corrected chi connectivity index (χ2v) is 5.08. The van der Waals surface area contributed by atoms with Crippen molar-refractivity contribution in [2.24, 2.45) is 0 Å². The van der Waals surface area contributed by atoms with Crippen LogP contribution in [0.25, 0.3) is 0 Å². The lowest BCUT2D eigenvalue weighted by Gasteiger charge is -2.17. The average Bonchev–Trinajstić information content (AvgIpc) is 2.56. The molecule has 0 heterocycles. The summed E-state index contributed by atoms with van der Waals surface area (Å²) in [6, 6.07) is 16.8. The minimum atomic E-state index is 0.0505. The first kappa shape index (κ1) is 15.6. The molecule has 0 saturated carbocycles. The van der Waals surface area contributed by atoms with Gasteiger partial charge in [0.1, 0.15) is 5.75 Å². The predicted molar refractivity (Wildman–Crippen MR) is 84.3 cm³/mol. The molecular weight excluding hydrogens is 276 g/mol. The number of carbonyl (C=O) groups excluding carboxylic acids is 1. The zero-order chi connectivity index (χ0) is 15.9. The molecule has 0 aliphatic rings. The van der Waals surface area contributed by atoms with Gasteiger partial charge in [0.25, 0.3) is 0 Å². The van der Waals surface area contributed by atoms with Crippen LogP contribution < -0.4 is 4.74 Å². The molecule has 0 atom stereocenters. The number of methoxy groups -OCH3 is 1. The number of nitrogens with zero attached hydrogens (tertiary/aromatic N) is 2. The second-order valence-electron chi connectivity index (χ2n) is 5.08. The molecule has 22 heavy (non-hydrogen) atoms. The molecule has 0 N–H and O–H groups in total.